The van der Waals surface area contributed by atoms with Gasteiger partial charge in [-0.1, -0.05) is 6.07 Å². The zero-order chi connectivity index (χ0) is 25.2. The van der Waals surface area contributed by atoms with E-state index in [2.05, 4.69) is 4.98 Å². The molecule has 182 valence electrons. The van der Waals surface area contributed by atoms with E-state index < -0.39 is 29.3 Å². The van der Waals surface area contributed by atoms with Gasteiger partial charge in [0.1, 0.15) is 29.7 Å². The number of carbonyl (C=O) groups is 1. The van der Waals surface area contributed by atoms with Gasteiger partial charge < -0.3 is 9.84 Å². The monoisotopic (exact) mass is 489 g/mol. The lowest BCUT2D eigenvalue weighted by Crippen LogP contribution is -2.09. The van der Waals surface area contributed by atoms with Gasteiger partial charge in [-0.25, -0.2) is 18.6 Å². The summed E-state index contributed by atoms with van der Waals surface area (Å²) in [7, 11) is 0. The highest BCUT2D eigenvalue weighted by Gasteiger charge is 2.32. The van der Waals surface area contributed by atoms with Gasteiger partial charge in [-0.15, -0.1) is 0 Å². The number of ether oxygens (including phenoxy) is 1. The number of alkyl halides is 3. The number of halogens is 5. The van der Waals surface area contributed by atoms with Crippen LogP contribution in [0.3, 0.4) is 0 Å². The molecule has 1 aliphatic carbocycles. The number of benzene rings is 2. The van der Waals surface area contributed by atoms with E-state index in [1.807, 2.05) is 0 Å². The number of pyridine rings is 1. The standard InChI is InChI=1S/C26H20F5NO3/c27-17-10-8-15(21(28)13-17)14-35-24-11-9-16(26(29,30)31)12-20(24)18-4-1-2-5-19(18)22-6-3-7-23(32-22)25(33)34/h3,6-13H,1-2,4-5,14H2,(H,33,34). The molecule has 0 aliphatic heterocycles. The second kappa shape index (κ2) is 9.85. The molecule has 3 aromatic rings. The average molecular weight is 489 g/mol. The predicted octanol–water partition coefficient (Wildman–Crippen LogP) is 7.14. The smallest absolute Gasteiger partial charge is 0.416 e. The number of hydrogen-bond acceptors (Lipinski definition) is 3. The SMILES string of the molecule is O=C(O)c1cccc(C2=C(c3cc(C(F)(F)F)ccc3OCc3ccc(F)cc3F)CCCC2)n1. The molecule has 0 unspecified atom stereocenters. The van der Waals surface area contributed by atoms with Crippen molar-refractivity contribution in [1.82, 2.24) is 4.98 Å². The van der Waals surface area contributed by atoms with Crippen molar-refractivity contribution in [2.24, 2.45) is 0 Å². The Balaban J connectivity index is 1.81. The van der Waals surface area contributed by atoms with Gasteiger partial charge in [0.05, 0.1) is 11.3 Å². The Labute approximate surface area is 197 Å². The molecule has 0 spiro atoms. The topological polar surface area (TPSA) is 59.4 Å². The van der Waals surface area contributed by atoms with Crippen LogP contribution in [0.1, 0.15) is 58.6 Å². The van der Waals surface area contributed by atoms with Crippen LogP contribution in [0, 0.1) is 11.6 Å². The molecule has 1 N–H and O–H groups in total. The summed E-state index contributed by atoms with van der Waals surface area (Å²) in [4.78, 5) is 15.6. The third kappa shape index (κ3) is 5.50. The molecule has 1 aliphatic rings. The van der Waals surface area contributed by atoms with Gasteiger partial charge in [-0.2, -0.15) is 13.2 Å². The highest BCUT2D eigenvalue weighted by atomic mass is 19.4. The zero-order valence-electron chi connectivity index (χ0n) is 18.3. The number of allylic oxidation sites excluding steroid dienone is 2. The third-order valence-electron chi connectivity index (χ3n) is 5.78. The Hall–Kier alpha value is -3.75. The van der Waals surface area contributed by atoms with Gasteiger partial charge in [-0.05, 0) is 79.3 Å². The largest absolute Gasteiger partial charge is 0.488 e. The van der Waals surface area contributed by atoms with Crippen LogP contribution in [-0.2, 0) is 12.8 Å². The number of nitrogens with zero attached hydrogens (tertiary/aromatic N) is 1. The van der Waals surface area contributed by atoms with Crippen LogP contribution < -0.4 is 4.74 Å². The third-order valence-corrected chi connectivity index (χ3v) is 5.78. The Morgan fingerprint density at radius 3 is 2.40 bits per heavy atom. The molecule has 1 heterocycles. The lowest BCUT2D eigenvalue weighted by molar-refractivity contribution is -0.137. The summed E-state index contributed by atoms with van der Waals surface area (Å²) >= 11 is 0. The van der Waals surface area contributed by atoms with E-state index in [9.17, 15) is 31.9 Å². The molecule has 1 aromatic heterocycles. The summed E-state index contributed by atoms with van der Waals surface area (Å²) in [6.07, 6.45) is -2.22. The minimum atomic E-state index is -4.60. The van der Waals surface area contributed by atoms with Gasteiger partial charge in [-0.3, -0.25) is 0 Å². The maximum Gasteiger partial charge on any atom is 0.416 e. The summed E-state index contributed by atoms with van der Waals surface area (Å²) in [5, 5.41) is 9.30. The molecule has 0 bridgehead atoms. The van der Waals surface area contributed by atoms with Gasteiger partial charge >= 0.3 is 12.1 Å². The van der Waals surface area contributed by atoms with Crippen LogP contribution in [0.25, 0.3) is 11.1 Å². The Morgan fingerprint density at radius 1 is 0.971 bits per heavy atom. The predicted molar refractivity (Wildman–Crippen MR) is 119 cm³/mol. The maximum atomic E-state index is 14.1. The Bertz CT molecular complexity index is 1300. The molecule has 0 fully saturated rings. The van der Waals surface area contributed by atoms with E-state index in [0.29, 0.717) is 42.2 Å². The minimum Gasteiger partial charge on any atom is -0.488 e. The summed E-state index contributed by atoms with van der Waals surface area (Å²) in [6, 6.07) is 10.5. The van der Waals surface area contributed by atoms with Crippen molar-refractivity contribution >= 4 is 17.1 Å². The maximum absolute atomic E-state index is 14.1. The van der Waals surface area contributed by atoms with Crippen LogP contribution >= 0.6 is 0 Å². The van der Waals surface area contributed by atoms with Gasteiger partial charge in [0, 0.05) is 17.2 Å². The molecular formula is C26H20F5NO3. The van der Waals surface area contributed by atoms with Gasteiger partial charge in [0.2, 0.25) is 0 Å². The second-order valence-electron chi connectivity index (χ2n) is 8.11. The van der Waals surface area contributed by atoms with E-state index in [0.717, 1.165) is 24.6 Å². The van der Waals surface area contributed by atoms with E-state index in [1.165, 1.54) is 24.3 Å². The first kappa shape index (κ1) is 24.4. The fourth-order valence-corrected chi connectivity index (χ4v) is 4.07. The Morgan fingerprint density at radius 2 is 1.71 bits per heavy atom. The van der Waals surface area contributed by atoms with Crippen LogP contribution in [-0.4, -0.2) is 16.1 Å². The fourth-order valence-electron chi connectivity index (χ4n) is 4.07. The van der Waals surface area contributed by atoms with E-state index in [-0.39, 0.29) is 29.2 Å². The van der Waals surface area contributed by atoms with Crippen molar-refractivity contribution in [3.8, 4) is 5.75 Å². The lowest BCUT2D eigenvalue weighted by atomic mass is 9.84. The summed E-state index contributed by atoms with van der Waals surface area (Å²) in [5.74, 6) is -2.69. The van der Waals surface area contributed by atoms with Gasteiger partial charge in [0.25, 0.3) is 0 Å². The average Bonchev–Trinajstić information content (AvgIpc) is 2.83. The molecule has 2 aromatic carbocycles. The first-order valence-corrected chi connectivity index (χ1v) is 10.8. The quantitative estimate of drug-likeness (QED) is 0.374. The van der Waals surface area contributed by atoms with Crippen molar-refractivity contribution in [3.63, 3.8) is 0 Å². The Kier molecular flexibility index (Phi) is 6.86. The van der Waals surface area contributed by atoms with E-state index in [4.69, 9.17) is 4.74 Å². The lowest BCUT2D eigenvalue weighted by Gasteiger charge is -2.23. The molecule has 4 rings (SSSR count). The number of aromatic carboxylic acids is 1. The van der Waals surface area contributed by atoms with Crippen LogP contribution in [0.15, 0.2) is 54.6 Å². The van der Waals surface area contributed by atoms with Crippen LogP contribution in [0.4, 0.5) is 22.0 Å². The molecule has 0 saturated heterocycles. The minimum absolute atomic E-state index is 0.0471. The van der Waals surface area contributed by atoms with Gasteiger partial charge in [0.15, 0.2) is 0 Å². The highest BCUT2D eigenvalue weighted by Crippen LogP contribution is 2.43. The van der Waals surface area contributed by atoms with Crippen molar-refractivity contribution in [3.05, 3.63) is 94.3 Å². The number of hydrogen-bond donors (Lipinski definition) is 1. The van der Waals surface area contributed by atoms with Crippen LogP contribution in [0.2, 0.25) is 0 Å². The van der Waals surface area contributed by atoms with Crippen molar-refractivity contribution in [1.29, 1.82) is 0 Å². The molecular weight excluding hydrogens is 469 g/mol. The van der Waals surface area contributed by atoms with Crippen molar-refractivity contribution in [2.75, 3.05) is 0 Å². The normalized spacial score (nSPS) is 14.2. The molecule has 35 heavy (non-hydrogen) atoms. The zero-order valence-corrected chi connectivity index (χ0v) is 18.3. The van der Waals surface area contributed by atoms with Crippen LogP contribution in [0.5, 0.6) is 5.75 Å². The molecule has 0 atom stereocenters. The summed E-state index contributed by atoms with van der Waals surface area (Å²) in [6.45, 7) is -0.320. The number of carboxylic acids is 1. The van der Waals surface area contributed by atoms with E-state index >= 15 is 0 Å². The molecule has 0 amide bonds. The summed E-state index contributed by atoms with van der Waals surface area (Å²) < 4.78 is 73.7. The fraction of sp³-hybridized carbons (Fsp3) is 0.231. The number of carboxylic acid groups (broad SMARTS) is 1. The van der Waals surface area contributed by atoms with Crippen molar-refractivity contribution in [2.45, 2.75) is 38.5 Å². The molecule has 0 radical (unpaired) electrons. The molecule has 0 saturated carbocycles. The number of rotatable bonds is 6. The molecule has 9 heteroatoms. The first-order chi connectivity index (χ1) is 16.6. The summed E-state index contributed by atoms with van der Waals surface area (Å²) in [5.41, 5.74) is 0.742. The highest BCUT2D eigenvalue weighted by molar-refractivity contribution is 5.93. The molecule has 4 nitrogen and oxygen atoms in total. The first-order valence-electron chi connectivity index (χ1n) is 10.8. The number of aromatic nitrogens is 1. The van der Waals surface area contributed by atoms with Crippen molar-refractivity contribution < 1.29 is 36.6 Å². The van der Waals surface area contributed by atoms with E-state index in [1.54, 1.807) is 6.07 Å². The second-order valence-corrected chi connectivity index (χ2v) is 8.11.